The minimum atomic E-state index is -0.667. The van der Waals surface area contributed by atoms with Crippen LogP contribution in [0, 0.1) is 11.3 Å². The van der Waals surface area contributed by atoms with Gasteiger partial charge in [-0.05, 0) is 145 Å². The molecule has 0 fully saturated rings. The standard InChI is InChI=1S/C53H41N3O6S2/c1-58-41-22-14-37(15-23-41)55(38-16-24-42(59-2)25-17-38)35-10-6-33(7-11-35)48-30-45-50(47(32-54)53(57)62-5)46-31-49(64-52(46)51(45)63-48)34-8-12-36(13-9-34)56(39-18-26-43(60-3)27-19-39)40-20-28-44(61-4)29-21-40/h6-31H,1-5H3. The van der Waals surface area contributed by atoms with Gasteiger partial charge in [0.2, 0.25) is 0 Å². The van der Waals surface area contributed by atoms with Crippen molar-refractivity contribution in [1.29, 1.82) is 5.26 Å². The lowest BCUT2D eigenvalue weighted by Gasteiger charge is -2.26. The van der Waals surface area contributed by atoms with E-state index in [-0.39, 0.29) is 5.57 Å². The van der Waals surface area contributed by atoms with Crippen molar-refractivity contribution in [1.82, 2.24) is 0 Å². The largest absolute Gasteiger partial charge is 0.497 e. The third kappa shape index (κ3) is 7.81. The van der Waals surface area contributed by atoms with Gasteiger partial charge in [-0.15, -0.1) is 22.7 Å². The summed E-state index contributed by atoms with van der Waals surface area (Å²) < 4.78 is 26.9. The van der Waals surface area contributed by atoms with Crippen molar-refractivity contribution in [3.05, 3.63) is 174 Å². The second-order valence-electron chi connectivity index (χ2n) is 14.6. The molecule has 1 aliphatic rings. The van der Waals surface area contributed by atoms with Crippen LogP contribution >= 0.6 is 22.7 Å². The number of nitriles is 1. The van der Waals surface area contributed by atoms with Crippen LogP contribution in [0.4, 0.5) is 34.1 Å². The van der Waals surface area contributed by atoms with Crippen LogP contribution in [0.15, 0.2) is 163 Å². The van der Waals surface area contributed by atoms with Gasteiger partial charge in [-0.25, -0.2) is 4.79 Å². The summed E-state index contributed by atoms with van der Waals surface area (Å²) in [5, 5.41) is 10.4. The summed E-state index contributed by atoms with van der Waals surface area (Å²) in [5.41, 5.74) is 10.1. The molecule has 0 saturated heterocycles. The first-order chi connectivity index (χ1) is 31.3. The molecule has 0 amide bonds. The van der Waals surface area contributed by atoms with Gasteiger partial charge in [0.1, 0.15) is 34.6 Å². The SMILES string of the molecule is COC(=O)C(C#N)=C1c2cc(-c3ccc(N(c4ccc(OC)cc4)c4ccc(OC)cc4)cc3)sc2-c2sc(-c3ccc(N(c4ccc(OC)cc4)c4ccc(OC)cc4)cc3)cc21. The van der Waals surface area contributed by atoms with Crippen molar-refractivity contribution < 1.29 is 28.5 Å². The number of esters is 1. The predicted molar refractivity (Wildman–Crippen MR) is 258 cm³/mol. The van der Waals surface area contributed by atoms with Gasteiger partial charge in [0.25, 0.3) is 0 Å². The number of methoxy groups -OCH3 is 5. The summed E-state index contributed by atoms with van der Waals surface area (Å²) in [6.45, 7) is 0. The molecule has 0 atom stereocenters. The molecule has 0 radical (unpaired) electrons. The third-order valence-corrected chi connectivity index (χ3v) is 13.6. The van der Waals surface area contributed by atoms with Crippen molar-refractivity contribution in [2.45, 2.75) is 0 Å². The van der Waals surface area contributed by atoms with E-state index in [9.17, 15) is 10.1 Å². The van der Waals surface area contributed by atoms with Crippen LogP contribution in [-0.2, 0) is 9.53 Å². The molecular weight excluding hydrogens is 839 g/mol. The van der Waals surface area contributed by atoms with Gasteiger partial charge in [0, 0.05) is 60.6 Å². The Bertz CT molecular complexity index is 2740. The van der Waals surface area contributed by atoms with Crippen molar-refractivity contribution in [3.63, 3.8) is 0 Å². The van der Waals surface area contributed by atoms with Crippen molar-refractivity contribution in [2.24, 2.45) is 0 Å². The van der Waals surface area contributed by atoms with Crippen LogP contribution in [-0.4, -0.2) is 41.5 Å². The molecule has 2 aromatic heterocycles. The van der Waals surface area contributed by atoms with Gasteiger partial charge in [-0.2, -0.15) is 5.26 Å². The number of carbonyl (C=O) groups excluding carboxylic acids is 1. The van der Waals surface area contributed by atoms with Gasteiger partial charge >= 0.3 is 5.97 Å². The number of carbonyl (C=O) groups is 1. The van der Waals surface area contributed by atoms with Crippen LogP contribution in [0.1, 0.15) is 11.1 Å². The molecule has 0 saturated carbocycles. The second kappa shape index (κ2) is 17.9. The number of ether oxygens (including phenoxy) is 5. The van der Waals surface area contributed by atoms with Crippen LogP contribution in [0.25, 0.3) is 36.2 Å². The maximum Gasteiger partial charge on any atom is 0.349 e. The molecule has 0 N–H and O–H groups in total. The smallest absolute Gasteiger partial charge is 0.349 e. The van der Waals surface area contributed by atoms with E-state index in [4.69, 9.17) is 23.7 Å². The molecule has 1 aliphatic carbocycles. The highest BCUT2D eigenvalue weighted by molar-refractivity contribution is 7.26. The van der Waals surface area contributed by atoms with E-state index in [1.54, 1.807) is 51.1 Å². The molecule has 64 heavy (non-hydrogen) atoms. The number of hydrogen-bond acceptors (Lipinski definition) is 11. The van der Waals surface area contributed by atoms with E-state index in [0.29, 0.717) is 5.57 Å². The number of nitrogens with zero attached hydrogens (tertiary/aromatic N) is 3. The van der Waals surface area contributed by atoms with Crippen LogP contribution in [0.2, 0.25) is 0 Å². The number of anilines is 6. The lowest BCUT2D eigenvalue weighted by molar-refractivity contribution is -0.135. The highest BCUT2D eigenvalue weighted by atomic mass is 32.1. The summed E-state index contributed by atoms with van der Waals surface area (Å²) in [6.07, 6.45) is 0. The summed E-state index contributed by atoms with van der Waals surface area (Å²) in [7, 11) is 7.94. The fourth-order valence-corrected chi connectivity index (χ4v) is 10.4. The first-order valence-electron chi connectivity index (χ1n) is 20.2. The van der Waals surface area contributed by atoms with E-state index in [0.717, 1.165) is 98.9 Å². The van der Waals surface area contributed by atoms with Crippen LogP contribution in [0.3, 0.4) is 0 Å². The Morgan fingerprint density at radius 3 is 0.984 bits per heavy atom. The topological polar surface area (TPSA) is 93.5 Å². The zero-order valence-corrected chi connectivity index (χ0v) is 37.3. The maximum absolute atomic E-state index is 13.2. The van der Waals surface area contributed by atoms with E-state index in [1.165, 1.54) is 7.11 Å². The van der Waals surface area contributed by atoms with Gasteiger partial charge in [0.05, 0.1) is 45.3 Å². The Balaban J connectivity index is 1.07. The summed E-state index contributed by atoms with van der Waals surface area (Å²) in [4.78, 5) is 21.6. The number of fused-ring (bicyclic) bond motifs is 3. The van der Waals surface area contributed by atoms with Crippen molar-refractivity contribution in [2.75, 3.05) is 45.3 Å². The zero-order valence-electron chi connectivity index (χ0n) is 35.6. The number of benzene rings is 6. The average Bonchev–Trinajstić information content (AvgIpc) is 4.06. The maximum atomic E-state index is 13.2. The second-order valence-corrected chi connectivity index (χ2v) is 16.7. The van der Waals surface area contributed by atoms with E-state index >= 15 is 0 Å². The third-order valence-electron chi connectivity index (χ3n) is 11.1. The highest BCUT2D eigenvalue weighted by Gasteiger charge is 2.34. The minimum Gasteiger partial charge on any atom is -0.497 e. The fraction of sp³-hybridized carbons (Fsp3) is 0.0943. The predicted octanol–water partition coefficient (Wildman–Crippen LogP) is 13.6. The molecule has 316 valence electrons. The Hall–Kier alpha value is -7.78. The molecule has 0 unspecified atom stereocenters. The highest BCUT2D eigenvalue weighted by Crippen LogP contribution is 2.56. The number of rotatable bonds is 13. The molecule has 2 heterocycles. The lowest BCUT2D eigenvalue weighted by Crippen LogP contribution is -2.09. The van der Waals surface area contributed by atoms with Crippen LogP contribution < -0.4 is 28.7 Å². The summed E-state index contributed by atoms with van der Waals surface area (Å²) in [5.74, 6) is 2.43. The van der Waals surface area contributed by atoms with Gasteiger partial charge < -0.3 is 33.5 Å². The first kappa shape index (κ1) is 41.6. The molecule has 0 aliphatic heterocycles. The first-order valence-corrected chi connectivity index (χ1v) is 21.9. The number of hydrogen-bond donors (Lipinski definition) is 0. The van der Waals surface area contributed by atoms with E-state index < -0.39 is 5.97 Å². The molecule has 9 rings (SSSR count). The molecular formula is C53H41N3O6S2. The van der Waals surface area contributed by atoms with Crippen LogP contribution in [0.5, 0.6) is 23.0 Å². The Labute approximate surface area is 379 Å². The zero-order chi connectivity index (χ0) is 44.3. The Morgan fingerprint density at radius 2 is 0.734 bits per heavy atom. The lowest BCUT2D eigenvalue weighted by atomic mass is 9.99. The van der Waals surface area contributed by atoms with Gasteiger partial charge in [-0.3, -0.25) is 0 Å². The fourth-order valence-electron chi connectivity index (χ4n) is 7.86. The molecule has 6 aromatic carbocycles. The molecule has 0 spiro atoms. The van der Waals surface area contributed by atoms with Crippen molar-refractivity contribution in [3.8, 4) is 59.7 Å². The molecule has 9 nitrogen and oxygen atoms in total. The summed E-state index contributed by atoms with van der Waals surface area (Å²) in [6, 6.07) is 55.0. The Morgan fingerprint density at radius 1 is 0.453 bits per heavy atom. The summed E-state index contributed by atoms with van der Waals surface area (Å²) >= 11 is 3.30. The number of thiophene rings is 2. The van der Waals surface area contributed by atoms with Gasteiger partial charge in [0.15, 0.2) is 0 Å². The minimum absolute atomic E-state index is 0.0221. The molecule has 8 aromatic rings. The van der Waals surface area contributed by atoms with Gasteiger partial charge in [-0.1, -0.05) is 24.3 Å². The molecule has 0 bridgehead atoms. The molecule has 11 heteroatoms. The monoisotopic (exact) mass is 879 g/mol. The average molecular weight is 880 g/mol. The quantitative estimate of drug-likeness (QED) is 0.0637. The normalized spacial score (nSPS) is 11.2. The Kier molecular flexibility index (Phi) is 11.6. The van der Waals surface area contributed by atoms with E-state index in [2.05, 4.69) is 76.5 Å². The van der Waals surface area contributed by atoms with Crippen molar-refractivity contribution >= 4 is 68.3 Å². The van der Waals surface area contributed by atoms with E-state index in [1.807, 2.05) is 97.1 Å².